The van der Waals surface area contributed by atoms with Crippen LogP contribution in [0.2, 0.25) is 5.02 Å². The van der Waals surface area contributed by atoms with Crippen LogP contribution in [-0.2, 0) is 11.2 Å². The Morgan fingerprint density at radius 3 is 2.19 bits per heavy atom. The van der Waals surface area contributed by atoms with Crippen LogP contribution in [0.4, 0.5) is 0 Å². The van der Waals surface area contributed by atoms with Gasteiger partial charge in [0.1, 0.15) is 5.75 Å². The normalized spacial score (nSPS) is 10.1. The van der Waals surface area contributed by atoms with Gasteiger partial charge in [-0.15, -0.1) is 0 Å². The molecule has 0 saturated heterocycles. The third-order valence-corrected chi connectivity index (χ3v) is 3.07. The Hall–Kier alpha value is -2.33. The molecule has 0 amide bonds. The first-order chi connectivity index (χ1) is 10.0. The summed E-state index contributed by atoms with van der Waals surface area (Å²) in [5, 5.41) is 9.14. The summed E-state index contributed by atoms with van der Waals surface area (Å²) in [6, 6.07) is 13.5. The van der Waals surface area contributed by atoms with Crippen LogP contribution in [0.3, 0.4) is 0 Å². The van der Waals surface area contributed by atoms with E-state index in [0.29, 0.717) is 16.3 Å². The molecule has 0 aliphatic heterocycles. The average Bonchev–Trinajstić information content (AvgIpc) is 2.48. The number of rotatable bonds is 6. The molecule has 0 aliphatic rings. The van der Waals surface area contributed by atoms with E-state index in [1.54, 1.807) is 36.4 Å². The van der Waals surface area contributed by atoms with Crippen molar-refractivity contribution >= 4 is 23.4 Å². The molecule has 108 valence electrons. The molecular weight excluding hydrogens is 292 g/mol. The number of benzene rings is 2. The van der Waals surface area contributed by atoms with Crippen LogP contribution in [0.15, 0.2) is 48.5 Å². The van der Waals surface area contributed by atoms with Gasteiger partial charge in [-0.1, -0.05) is 23.7 Å². The molecule has 0 saturated carbocycles. The number of ether oxygens (including phenoxy) is 1. The van der Waals surface area contributed by atoms with Crippen molar-refractivity contribution in [1.29, 1.82) is 0 Å². The molecule has 4 nitrogen and oxygen atoms in total. The van der Waals surface area contributed by atoms with Crippen LogP contribution < -0.4 is 4.74 Å². The summed E-state index contributed by atoms with van der Waals surface area (Å²) in [6.45, 7) is -0.405. The topological polar surface area (TPSA) is 63.6 Å². The average molecular weight is 305 g/mol. The summed E-state index contributed by atoms with van der Waals surface area (Å²) in [5.74, 6) is -0.652. The quantitative estimate of drug-likeness (QED) is 0.832. The molecule has 0 bridgehead atoms. The maximum Gasteiger partial charge on any atom is 0.341 e. The summed E-state index contributed by atoms with van der Waals surface area (Å²) in [7, 11) is 0. The van der Waals surface area contributed by atoms with Crippen LogP contribution in [-0.4, -0.2) is 23.5 Å². The number of carboxylic acids is 1. The number of hydrogen-bond donors (Lipinski definition) is 1. The Labute approximate surface area is 126 Å². The first kappa shape index (κ1) is 15.1. The fourth-order valence-electron chi connectivity index (χ4n) is 1.77. The highest BCUT2D eigenvalue weighted by Gasteiger charge is 2.08. The minimum atomic E-state index is -1.04. The van der Waals surface area contributed by atoms with E-state index in [1.807, 2.05) is 12.1 Å². The van der Waals surface area contributed by atoms with Crippen molar-refractivity contribution < 1.29 is 19.4 Å². The van der Waals surface area contributed by atoms with Gasteiger partial charge in [-0.3, -0.25) is 4.79 Å². The molecule has 2 aromatic carbocycles. The number of hydrogen-bond acceptors (Lipinski definition) is 3. The van der Waals surface area contributed by atoms with Gasteiger partial charge < -0.3 is 9.84 Å². The molecule has 0 aromatic heterocycles. The molecule has 0 radical (unpaired) electrons. The lowest BCUT2D eigenvalue weighted by atomic mass is 10.0. The molecule has 0 spiro atoms. The van der Waals surface area contributed by atoms with Gasteiger partial charge in [0.05, 0.1) is 0 Å². The number of Topliss-reactive ketones (excluding diaryl/α,β-unsaturated/α-hetero) is 1. The van der Waals surface area contributed by atoms with Crippen LogP contribution in [0.25, 0.3) is 0 Å². The lowest BCUT2D eigenvalue weighted by Gasteiger charge is -2.05. The Morgan fingerprint density at radius 1 is 1.00 bits per heavy atom. The maximum atomic E-state index is 12.1. The highest BCUT2D eigenvalue weighted by molar-refractivity contribution is 6.30. The first-order valence-electron chi connectivity index (χ1n) is 6.27. The van der Waals surface area contributed by atoms with Crippen molar-refractivity contribution in [3.63, 3.8) is 0 Å². The van der Waals surface area contributed by atoms with Crippen molar-refractivity contribution in [2.75, 3.05) is 6.61 Å². The molecule has 0 unspecified atom stereocenters. The molecule has 0 fully saturated rings. The molecule has 21 heavy (non-hydrogen) atoms. The van der Waals surface area contributed by atoms with E-state index in [1.165, 1.54) is 0 Å². The van der Waals surface area contributed by atoms with Crippen molar-refractivity contribution in [2.45, 2.75) is 6.42 Å². The monoisotopic (exact) mass is 304 g/mol. The summed E-state index contributed by atoms with van der Waals surface area (Å²) in [6.07, 6.45) is 0.284. The Balaban J connectivity index is 1.99. The van der Waals surface area contributed by atoms with E-state index in [9.17, 15) is 9.59 Å². The second-order valence-corrected chi connectivity index (χ2v) is 4.87. The van der Waals surface area contributed by atoms with E-state index >= 15 is 0 Å². The molecule has 0 atom stereocenters. The third kappa shape index (κ3) is 4.61. The Kier molecular flexibility index (Phi) is 4.95. The standard InChI is InChI=1S/C16H13ClO4/c17-13-5-1-11(2-6-13)9-15(18)12-3-7-14(8-4-12)21-10-16(19)20/h1-8H,9-10H2,(H,19,20). The van der Waals surface area contributed by atoms with E-state index < -0.39 is 12.6 Å². The predicted octanol–water partition coefficient (Wildman–Crippen LogP) is 3.23. The van der Waals surface area contributed by atoms with Gasteiger partial charge in [0, 0.05) is 17.0 Å². The van der Waals surface area contributed by atoms with Gasteiger partial charge in [0.25, 0.3) is 0 Å². The highest BCUT2D eigenvalue weighted by atomic mass is 35.5. The number of carbonyl (C=O) groups excluding carboxylic acids is 1. The Bertz CT molecular complexity index is 632. The minimum Gasteiger partial charge on any atom is -0.482 e. The maximum absolute atomic E-state index is 12.1. The van der Waals surface area contributed by atoms with Gasteiger partial charge in [0.15, 0.2) is 12.4 Å². The SMILES string of the molecule is O=C(O)COc1ccc(C(=O)Cc2ccc(Cl)cc2)cc1. The van der Waals surface area contributed by atoms with Gasteiger partial charge in [-0.25, -0.2) is 4.79 Å². The molecule has 0 aliphatic carbocycles. The summed E-state index contributed by atoms with van der Waals surface area (Å²) < 4.78 is 5.01. The molecular formula is C16H13ClO4. The second kappa shape index (κ2) is 6.90. The van der Waals surface area contributed by atoms with Gasteiger partial charge in [-0.05, 0) is 42.0 Å². The van der Waals surface area contributed by atoms with Crippen molar-refractivity contribution in [3.05, 3.63) is 64.7 Å². The summed E-state index contributed by atoms with van der Waals surface area (Å²) >= 11 is 5.79. The third-order valence-electron chi connectivity index (χ3n) is 2.82. The zero-order valence-electron chi connectivity index (χ0n) is 11.1. The fourth-order valence-corrected chi connectivity index (χ4v) is 1.90. The predicted molar refractivity (Wildman–Crippen MR) is 79.1 cm³/mol. The van der Waals surface area contributed by atoms with Crippen LogP contribution in [0, 0.1) is 0 Å². The van der Waals surface area contributed by atoms with E-state index in [0.717, 1.165) is 5.56 Å². The lowest BCUT2D eigenvalue weighted by Crippen LogP contribution is -2.09. The zero-order valence-corrected chi connectivity index (χ0v) is 11.8. The van der Waals surface area contributed by atoms with Gasteiger partial charge in [-0.2, -0.15) is 0 Å². The summed E-state index contributed by atoms with van der Waals surface area (Å²) in [4.78, 5) is 22.5. The van der Waals surface area contributed by atoms with Crippen LogP contribution in [0.1, 0.15) is 15.9 Å². The second-order valence-electron chi connectivity index (χ2n) is 4.43. The molecule has 1 N–H and O–H groups in total. The minimum absolute atomic E-state index is 0.0258. The first-order valence-corrected chi connectivity index (χ1v) is 6.64. The number of carbonyl (C=O) groups is 2. The largest absolute Gasteiger partial charge is 0.482 e. The molecule has 5 heteroatoms. The van der Waals surface area contributed by atoms with Crippen molar-refractivity contribution in [1.82, 2.24) is 0 Å². The number of carboxylic acid groups (broad SMARTS) is 1. The molecule has 2 rings (SSSR count). The Morgan fingerprint density at radius 2 is 1.62 bits per heavy atom. The zero-order chi connectivity index (χ0) is 15.2. The highest BCUT2D eigenvalue weighted by Crippen LogP contribution is 2.15. The van der Waals surface area contributed by atoms with Crippen LogP contribution >= 0.6 is 11.6 Å². The number of ketones is 1. The summed E-state index contributed by atoms with van der Waals surface area (Å²) in [5.41, 5.74) is 1.43. The van der Waals surface area contributed by atoms with Gasteiger partial charge in [0.2, 0.25) is 0 Å². The van der Waals surface area contributed by atoms with Gasteiger partial charge >= 0.3 is 5.97 Å². The fraction of sp³-hybridized carbons (Fsp3) is 0.125. The lowest BCUT2D eigenvalue weighted by molar-refractivity contribution is -0.139. The number of halogens is 1. The van der Waals surface area contributed by atoms with E-state index in [-0.39, 0.29) is 12.2 Å². The van der Waals surface area contributed by atoms with Crippen molar-refractivity contribution in [2.24, 2.45) is 0 Å². The molecule has 0 heterocycles. The van der Waals surface area contributed by atoms with E-state index in [4.69, 9.17) is 21.4 Å². The van der Waals surface area contributed by atoms with E-state index in [2.05, 4.69) is 0 Å². The number of aliphatic carboxylic acids is 1. The smallest absolute Gasteiger partial charge is 0.341 e. The van der Waals surface area contributed by atoms with Crippen molar-refractivity contribution in [3.8, 4) is 5.75 Å². The van der Waals surface area contributed by atoms with Crippen LogP contribution in [0.5, 0.6) is 5.75 Å². The molecule has 2 aromatic rings.